The minimum absolute atomic E-state index is 0.0906. The van der Waals surface area contributed by atoms with Crippen LogP contribution in [0.15, 0.2) is 54.1 Å². The third-order valence-corrected chi connectivity index (χ3v) is 5.41. The first-order valence-electron chi connectivity index (χ1n) is 10.6. The van der Waals surface area contributed by atoms with Crippen molar-refractivity contribution in [2.75, 3.05) is 29.5 Å². The number of hydrogen-bond donors (Lipinski definition) is 1. The van der Waals surface area contributed by atoms with Gasteiger partial charge in [-0.1, -0.05) is 18.2 Å². The van der Waals surface area contributed by atoms with Crippen LogP contribution in [0, 0.1) is 0 Å². The molecule has 0 aromatic heterocycles. The van der Waals surface area contributed by atoms with Crippen LogP contribution in [0.2, 0.25) is 0 Å². The Kier molecular flexibility index (Phi) is 6.02. The number of carbonyl (C=O) groups excluding carboxylic acids is 3. The van der Waals surface area contributed by atoms with Gasteiger partial charge in [0, 0.05) is 24.8 Å². The summed E-state index contributed by atoms with van der Waals surface area (Å²) in [6.07, 6.45) is 5.16. The van der Waals surface area contributed by atoms with E-state index in [1.807, 2.05) is 31.2 Å². The Hall–Kier alpha value is -3.61. The number of barbiturate groups is 1. The molecule has 160 valence electrons. The number of nitrogens with one attached hydrogen (secondary N) is 1. The molecule has 0 spiro atoms. The minimum Gasteiger partial charge on any atom is -0.494 e. The molecule has 0 bridgehead atoms. The highest BCUT2D eigenvalue weighted by Gasteiger charge is 2.36. The number of piperidine rings is 1. The van der Waals surface area contributed by atoms with Gasteiger partial charge in [0.05, 0.1) is 12.3 Å². The van der Waals surface area contributed by atoms with Gasteiger partial charge in [-0.2, -0.15) is 0 Å². The normalized spacial score (nSPS) is 18.4. The lowest BCUT2D eigenvalue weighted by Crippen LogP contribution is -2.54. The lowest BCUT2D eigenvalue weighted by molar-refractivity contribution is -0.122. The van der Waals surface area contributed by atoms with Crippen molar-refractivity contribution in [1.29, 1.82) is 0 Å². The maximum Gasteiger partial charge on any atom is 0.335 e. The number of hydrogen-bond acceptors (Lipinski definition) is 5. The summed E-state index contributed by atoms with van der Waals surface area (Å²) < 4.78 is 5.46. The second-order valence-corrected chi connectivity index (χ2v) is 7.53. The molecule has 2 fully saturated rings. The lowest BCUT2D eigenvalue weighted by atomic mass is 10.1. The van der Waals surface area contributed by atoms with Gasteiger partial charge in [0.25, 0.3) is 11.8 Å². The van der Waals surface area contributed by atoms with Crippen LogP contribution < -0.4 is 19.9 Å². The third kappa shape index (κ3) is 4.45. The van der Waals surface area contributed by atoms with E-state index in [1.54, 1.807) is 24.3 Å². The molecule has 1 N–H and O–H groups in total. The van der Waals surface area contributed by atoms with Crippen molar-refractivity contribution in [2.45, 2.75) is 26.2 Å². The van der Waals surface area contributed by atoms with Gasteiger partial charge in [-0.3, -0.25) is 14.9 Å². The number of imide groups is 2. The molecule has 2 saturated heterocycles. The van der Waals surface area contributed by atoms with Crippen molar-refractivity contribution in [1.82, 2.24) is 5.32 Å². The van der Waals surface area contributed by atoms with Gasteiger partial charge in [-0.15, -0.1) is 0 Å². The quantitative estimate of drug-likeness (QED) is 0.590. The number of amides is 4. The highest BCUT2D eigenvalue weighted by Crippen LogP contribution is 2.26. The van der Waals surface area contributed by atoms with Crippen LogP contribution >= 0.6 is 0 Å². The molecule has 4 rings (SSSR count). The standard InChI is InChI=1S/C24H25N3O4/c1-2-31-20-8-6-7-19(16-20)27-23(29)21(22(28)25-24(27)30)15-17-9-11-18(12-10-17)26-13-4-3-5-14-26/h6-12,15-16H,2-5,13-14H2,1H3,(H,25,28,30)/b21-15+. The van der Waals surface area contributed by atoms with Crippen LogP contribution in [-0.2, 0) is 9.59 Å². The predicted octanol–water partition coefficient (Wildman–Crippen LogP) is 3.74. The Morgan fingerprint density at radius 1 is 0.968 bits per heavy atom. The highest BCUT2D eigenvalue weighted by molar-refractivity contribution is 6.39. The fourth-order valence-electron chi connectivity index (χ4n) is 3.87. The molecule has 31 heavy (non-hydrogen) atoms. The first-order chi connectivity index (χ1) is 15.1. The van der Waals surface area contributed by atoms with E-state index in [9.17, 15) is 14.4 Å². The molecule has 2 aliphatic rings. The van der Waals surface area contributed by atoms with Crippen LogP contribution in [0.5, 0.6) is 5.75 Å². The number of anilines is 2. The Morgan fingerprint density at radius 2 is 1.71 bits per heavy atom. The van der Waals surface area contributed by atoms with E-state index in [0.29, 0.717) is 18.0 Å². The van der Waals surface area contributed by atoms with Crippen molar-refractivity contribution < 1.29 is 19.1 Å². The predicted molar refractivity (Wildman–Crippen MR) is 119 cm³/mol. The monoisotopic (exact) mass is 419 g/mol. The molecule has 0 radical (unpaired) electrons. The summed E-state index contributed by atoms with van der Waals surface area (Å²) in [5, 5.41) is 2.25. The van der Waals surface area contributed by atoms with Crippen LogP contribution in [-0.4, -0.2) is 37.5 Å². The van der Waals surface area contributed by atoms with E-state index in [2.05, 4.69) is 10.2 Å². The molecule has 0 unspecified atom stereocenters. The SMILES string of the molecule is CCOc1cccc(N2C(=O)NC(=O)/C(=C\c3ccc(N4CCCCC4)cc3)C2=O)c1. The van der Waals surface area contributed by atoms with Crippen molar-refractivity contribution in [2.24, 2.45) is 0 Å². The number of benzene rings is 2. The number of rotatable bonds is 5. The number of urea groups is 1. The second kappa shape index (κ2) is 9.04. The van der Waals surface area contributed by atoms with Crippen LogP contribution in [0.3, 0.4) is 0 Å². The van der Waals surface area contributed by atoms with Gasteiger partial charge >= 0.3 is 6.03 Å². The van der Waals surface area contributed by atoms with Crippen molar-refractivity contribution in [3.63, 3.8) is 0 Å². The van der Waals surface area contributed by atoms with E-state index in [-0.39, 0.29) is 5.57 Å². The first kappa shape index (κ1) is 20.7. The molecule has 7 nitrogen and oxygen atoms in total. The van der Waals surface area contributed by atoms with Crippen LogP contribution in [0.4, 0.5) is 16.2 Å². The zero-order valence-electron chi connectivity index (χ0n) is 17.5. The maximum atomic E-state index is 13.1. The molecule has 4 amide bonds. The van der Waals surface area contributed by atoms with Crippen LogP contribution in [0.1, 0.15) is 31.7 Å². The topological polar surface area (TPSA) is 79.0 Å². The molecule has 0 atom stereocenters. The molecular weight excluding hydrogens is 394 g/mol. The molecule has 2 aromatic carbocycles. The minimum atomic E-state index is -0.777. The molecule has 2 heterocycles. The molecule has 0 saturated carbocycles. The number of carbonyl (C=O) groups is 3. The average molecular weight is 419 g/mol. The fraction of sp³-hybridized carbons (Fsp3) is 0.292. The van der Waals surface area contributed by atoms with Gasteiger partial charge in [0.1, 0.15) is 11.3 Å². The Balaban J connectivity index is 1.59. The molecule has 2 aromatic rings. The second-order valence-electron chi connectivity index (χ2n) is 7.53. The molecule has 2 aliphatic heterocycles. The molecule has 7 heteroatoms. The highest BCUT2D eigenvalue weighted by atomic mass is 16.5. The van der Waals surface area contributed by atoms with E-state index >= 15 is 0 Å². The smallest absolute Gasteiger partial charge is 0.335 e. The van der Waals surface area contributed by atoms with Gasteiger partial charge in [0.2, 0.25) is 0 Å². The summed E-state index contributed by atoms with van der Waals surface area (Å²) in [6, 6.07) is 13.6. The number of nitrogens with zero attached hydrogens (tertiary/aromatic N) is 2. The zero-order chi connectivity index (χ0) is 21.8. The van der Waals surface area contributed by atoms with Gasteiger partial charge in [-0.25, -0.2) is 9.69 Å². The van der Waals surface area contributed by atoms with E-state index in [1.165, 1.54) is 25.3 Å². The summed E-state index contributed by atoms with van der Waals surface area (Å²) >= 11 is 0. The Bertz CT molecular complexity index is 1020. The van der Waals surface area contributed by atoms with E-state index < -0.39 is 17.8 Å². The van der Waals surface area contributed by atoms with E-state index in [4.69, 9.17) is 4.74 Å². The van der Waals surface area contributed by atoms with Crippen LogP contribution in [0.25, 0.3) is 6.08 Å². The Labute approximate surface area is 181 Å². The van der Waals surface area contributed by atoms with Crippen molar-refractivity contribution in [3.8, 4) is 5.75 Å². The summed E-state index contributed by atoms with van der Waals surface area (Å²) in [4.78, 5) is 41.2. The summed E-state index contributed by atoms with van der Waals surface area (Å²) in [5.41, 5.74) is 2.10. The average Bonchev–Trinajstić information content (AvgIpc) is 2.78. The van der Waals surface area contributed by atoms with Gasteiger partial charge in [0.15, 0.2) is 0 Å². The zero-order valence-corrected chi connectivity index (χ0v) is 17.5. The lowest BCUT2D eigenvalue weighted by Gasteiger charge is -2.29. The third-order valence-electron chi connectivity index (χ3n) is 5.41. The summed E-state index contributed by atoms with van der Waals surface area (Å²) in [7, 11) is 0. The van der Waals surface area contributed by atoms with E-state index in [0.717, 1.165) is 29.2 Å². The summed E-state index contributed by atoms with van der Waals surface area (Å²) in [6.45, 7) is 4.39. The first-order valence-corrected chi connectivity index (χ1v) is 10.6. The summed E-state index contributed by atoms with van der Waals surface area (Å²) in [5.74, 6) is -0.828. The van der Waals surface area contributed by atoms with Gasteiger partial charge in [-0.05, 0) is 62.1 Å². The largest absolute Gasteiger partial charge is 0.494 e. The maximum absolute atomic E-state index is 13.1. The molecule has 0 aliphatic carbocycles. The fourth-order valence-corrected chi connectivity index (χ4v) is 3.87. The Morgan fingerprint density at radius 3 is 2.42 bits per heavy atom. The van der Waals surface area contributed by atoms with Crippen molar-refractivity contribution in [3.05, 3.63) is 59.7 Å². The number of ether oxygens (including phenoxy) is 1. The van der Waals surface area contributed by atoms with Gasteiger partial charge < -0.3 is 9.64 Å². The van der Waals surface area contributed by atoms with Crippen molar-refractivity contribution >= 4 is 35.3 Å². The molecular formula is C24H25N3O4.